The molecule has 4 N–H and O–H groups in total. The van der Waals surface area contributed by atoms with E-state index in [1.54, 1.807) is 43.1 Å². The lowest BCUT2D eigenvalue weighted by atomic mass is 9.92. The highest BCUT2D eigenvalue weighted by Gasteiger charge is 2.38. The molecule has 0 radical (unpaired) electrons. The van der Waals surface area contributed by atoms with E-state index in [0.29, 0.717) is 74.6 Å². The van der Waals surface area contributed by atoms with Crippen LogP contribution >= 0.6 is 50.2 Å². The van der Waals surface area contributed by atoms with E-state index < -0.39 is 71.8 Å². The lowest BCUT2D eigenvalue weighted by molar-refractivity contribution is -0.139. The Balaban J connectivity index is 0.000000216. The summed E-state index contributed by atoms with van der Waals surface area (Å²) in [5.74, 6) is -4.56. The first-order chi connectivity index (χ1) is 35.5. The van der Waals surface area contributed by atoms with E-state index >= 15 is 0 Å². The van der Waals surface area contributed by atoms with Crippen molar-refractivity contribution in [1.29, 1.82) is 0 Å². The van der Waals surface area contributed by atoms with Gasteiger partial charge in [-0.05, 0) is 69.6 Å². The highest BCUT2D eigenvalue weighted by Crippen LogP contribution is 2.39. The van der Waals surface area contributed by atoms with Gasteiger partial charge in [0.15, 0.2) is 21.7 Å². The Labute approximate surface area is 444 Å². The number of rotatable bonds is 16. The van der Waals surface area contributed by atoms with Crippen LogP contribution in [0.25, 0.3) is 0 Å². The molecule has 6 heterocycles. The Morgan fingerprint density at radius 3 is 1.58 bits per heavy atom. The molecule has 0 aliphatic carbocycles. The minimum absolute atomic E-state index is 0.0433. The smallest absolute Gasteiger partial charge is 0.338 e. The first kappa shape index (κ1) is 55.6. The third-order valence-electron chi connectivity index (χ3n) is 12.1. The molecule has 0 bridgehead atoms. The summed E-state index contributed by atoms with van der Waals surface area (Å²) in [5, 5.41) is 29.0. The number of piperidine rings is 2. The van der Waals surface area contributed by atoms with Crippen LogP contribution in [-0.2, 0) is 28.7 Å². The summed E-state index contributed by atoms with van der Waals surface area (Å²) in [4.78, 5) is 69.9. The first-order valence-corrected chi connectivity index (χ1v) is 26.2. The van der Waals surface area contributed by atoms with Crippen LogP contribution in [0, 0.1) is 23.5 Å². The van der Waals surface area contributed by atoms with Gasteiger partial charge in [0.05, 0.1) is 24.4 Å². The summed E-state index contributed by atoms with van der Waals surface area (Å²) in [5.41, 5.74) is 2.37. The van der Waals surface area contributed by atoms with Gasteiger partial charge in [-0.25, -0.2) is 46.7 Å². The van der Waals surface area contributed by atoms with Crippen LogP contribution < -0.4 is 10.6 Å². The van der Waals surface area contributed by atoms with E-state index in [1.807, 2.05) is 9.80 Å². The van der Waals surface area contributed by atoms with E-state index in [0.717, 1.165) is 18.2 Å². The number of aromatic nitrogens is 2. The predicted octanol–water partition coefficient (Wildman–Crippen LogP) is 8.40. The Kier molecular flexibility index (Phi) is 19.5. The molecule has 74 heavy (non-hydrogen) atoms. The average molecular weight is 1150 g/mol. The maximum absolute atomic E-state index is 14.9. The Hall–Kier alpha value is -6.11. The van der Waals surface area contributed by atoms with Crippen LogP contribution in [0.4, 0.5) is 17.6 Å². The van der Waals surface area contributed by atoms with E-state index in [-0.39, 0.29) is 55.6 Å². The fourth-order valence-electron chi connectivity index (χ4n) is 8.69. The van der Waals surface area contributed by atoms with Gasteiger partial charge < -0.3 is 30.3 Å². The van der Waals surface area contributed by atoms with Gasteiger partial charge in [0, 0.05) is 99.8 Å². The minimum atomic E-state index is -1.28. The molecule has 4 aliphatic heterocycles. The number of ether oxygens (including phenoxy) is 2. The number of thiazole rings is 2. The molecule has 0 amide bonds. The van der Waals surface area contributed by atoms with Crippen molar-refractivity contribution in [3.63, 3.8) is 0 Å². The van der Waals surface area contributed by atoms with Gasteiger partial charge >= 0.3 is 23.9 Å². The molecule has 2 aromatic carbocycles. The van der Waals surface area contributed by atoms with Crippen LogP contribution in [0.3, 0.4) is 0 Å². The fraction of sp³-hybridized carbons (Fsp3) is 0.360. The van der Waals surface area contributed by atoms with Crippen molar-refractivity contribution in [3.8, 4) is 0 Å². The maximum atomic E-state index is 14.9. The van der Waals surface area contributed by atoms with Crippen molar-refractivity contribution in [1.82, 2.24) is 30.4 Å². The maximum Gasteiger partial charge on any atom is 0.338 e. The molecule has 2 saturated heterocycles. The lowest BCUT2D eigenvalue weighted by Gasteiger charge is -2.36. The summed E-state index contributed by atoms with van der Waals surface area (Å²) in [6.45, 7) is 5.08. The quantitative estimate of drug-likeness (QED) is 0.0472. The zero-order chi connectivity index (χ0) is 53.1. The summed E-state index contributed by atoms with van der Waals surface area (Å²) in [6.07, 6.45) is 6.25. The van der Waals surface area contributed by atoms with Crippen molar-refractivity contribution in [2.24, 2.45) is 21.8 Å². The number of alkyl halides is 2. The highest BCUT2D eigenvalue weighted by molar-refractivity contribution is 9.10. The van der Waals surface area contributed by atoms with Gasteiger partial charge in [0.2, 0.25) is 0 Å². The number of carbonyl (C=O) groups excluding carboxylic acids is 2. The number of nitrogens with one attached hydrogen (secondary N) is 2. The predicted molar refractivity (Wildman–Crippen MR) is 274 cm³/mol. The number of amidine groups is 2. The van der Waals surface area contributed by atoms with E-state index in [2.05, 4.69) is 36.5 Å². The van der Waals surface area contributed by atoms with Crippen LogP contribution in [0.5, 0.6) is 0 Å². The number of carboxylic acids is 2. The number of allylic oxidation sites excluding steroid dienone is 2. The minimum Gasteiger partial charge on any atom is -0.478 e. The van der Waals surface area contributed by atoms with E-state index in [9.17, 15) is 36.7 Å². The van der Waals surface area contributed by atoms with Crippen molar-refractivity contribution < 1.29 is 56.4 Å². The zero-order valence-corrected chi connectivity index (χ0v) is 43.7. The van der Waals surface area contributed by atoms with Crippen molar-refractivity contribution in [2.75, 3.05) is 52.5 Å². The monoisotopic (exact) mass is 1140 g/mol. The number of hydrogen-bond donors (Lipinski definition) is 4. The van der Waals surface area contributed by atoms with Crippen molar-refractivity contribution in [3.05, 3.63) is 149 Å². The van der Waals surface area contributed by atoms with Gasteiger partial charge in [-0.3, -0.25) is 19.8 Å². The molecule has 4 aliphatic rings. The van der Waals surface area contributed by atoms with Gasteiger partial charge in [0.1, 0.15) is 36.1 Å². The molecule has 2 fully saturated rings. The molecule has 0 spiro atoms. The number of nitrogens with zero attached hydrogens (tertiary/aromatic N) is 6. The second kappa shape index (κ2) is 25.9. The van der Waals surface area contributed by atoms with Crippen LogP contribution in [0.2, 0.25) is 5.02 Å². The molecule has 6 atom stereocenters. The zero-order valence-electron chi connectivity index (χ0n) is 39.7. The lowest BCUT2D eigenvalue weighted by Crippen LogP contribution is -2.45. The Bertz CT molecular complexity index is 2700. The molecular formula is C50H50BrClF4N8O8S2. The molecule has 16 nitrogen and oxygen atoms in total. The molecular weight excluding hydrogens is 1100 g/mol. The fourth-order valence-corrected chi connectivity index (χ4v) is 10.7. The standard InChI is InChI=1S/C25H25BrF2N4O4S.C25H25ClF2N4O4S/c2*1-2-36-25(35)21-19(13-32-9-7-14(18(28)12-32)3-6-20(33)34)30-23(24-29-8-10-37-24)31-22(21)16-5-4-15(27)11-17(16)26/h2*3-6,8,10-11,14,18,22H,2,7,9,12-13H2,1H3,(H,30,31)(H,33,34)/b2*6-3+. The molecule has 2 aromatic heterocycles. The number of aliphatic imine (C=N–C) groups is 2. The van der Waals surface area contributed by atoms with Crippen LogP contribution in [-0.4, -0.2) is 130 Å². The number of carbonyl (C=O) groups is 4. The number of esters is 2. The third-order valence-corrected chi connectivity index (χ3v) is 14.7. The van der Waals surface area contributed by atoms with Crippen molar-refractivity contribution in [2.45, 2.75) is 51.1 Å². The van der Waals surface area contributed by atoms with Crippen LogP contribution in [0.1, 0.15) is 59.9 Å². The van der Waals surface area contributed by atoms with Gasteiger partial charge in [0.25, 0.3) is 0 Å². The normalized spacial score (nSPS) is 22.6. The third kappa shape index (κ3) is 14.2. The molecule has 6 unspecified atom stereocenters. The summed E-state index contributed by atoms with van der Waals surface area (Å²) >= 11 is 12.5. The van der Waals surface area contributed by atoms with Gasteiger partial charge in [-0.15, -0.1) is 22.7 Å². The average Bonchev–Trinajstić information content (AvgIpc) is 4.10. The van der Waals surface area contributed by atoms with Gasteiger partial charge in [-0.2, -0.15) is 0 Å². The van der Waals surface area contributed by atoms with Gasteiger partial charge in [-0.1, -0.05) is 51.8 Å². The molecule has 8 rings (SSSR count). The molecule has 4 aromatic rings. The second-order valence-corrected chi connectivity index (χ2v) is 20.1. The topological polar surface area (TPSA) is 208 Å². The summed E-state index contributed by atoms with van der Waals surface area (Å²) < 4.78 is 68.7. The Morgan fingerprint density at radius 2 is 1.19 bits per heavy atom. The molecule has 0 saturated carbocycles. The number of benzene rings is 2. The number of aliphatic carboxylic acids is 2. The largest absolute Gasteiger partial charge is 0.478 e. The highest BCUT2D eigenvalue weighted by atomic mass is 79.9. The van der Waals surface area contributed by atoms with E-state index in [4.69, 9.17) is 41.3 Å². The number of halogens is 6. The number of hydrogen-bond acceptors (Lipinski definition) is 16. The second-order valence-electron chi connectivity index (χ2n) is 17.0. The number of likely N-dealkylation sites (tertiary alicyclic amines) is 2. The van der Waals surface area contributed by atoms with Crippen LogP contribution in [0.15, 0.2) is 121 Å². The summed E-state index contributed by atoms with van der Waals surface area (Å²) in [6, 6.07) is 6.32. The summed E-state index contributed by atoms with van der Waals surface area (Å²) in [7, 11) is 0. The SMILES string of the molecule is CCOC(=O)C1=C(CN2CCC(/C=C/C(=O)O)C(F)C2)NC(c2nccs2)=NC1c1ccc(F)cc1Br.CCOC(=O)C1=C(CN2CCC(/C=C/C(=O)O)C(F)C2)NC(c2nccs2)=NC1c1ccc(F)cc1Cl. The first-order valence-electron chi connectivity index (χ1n) is 23.3. The number of carboxylic acid groups (broad SMARTS) is 2. The van der Waals surface area contributed by atoms with E-state index in [1.165, 1.54) is 59.1 Å². The molecule has 392 valence electrons. The van der Waals surface area contributed by atoms with Crippen molar-refractivity contribution >= 4 is 85.8 Å². The molecule has 24 heteroatoms. The Morgan fingerprint density at radius 1 is 0.743 bits per heavy atom.